The summed E-state index contributed by atoms with van der Waals surface area (Å²) in [5, 5.41) is 0. The second-order valence-electron chi connectivity index (χ2n) is 1.43. The third kappa shape index (κ3) is 5.52. The van der Waals surface area contributed by atoms with Gasteiger partial charge in [-0.2, -0.15) is 12.8 Å². The van der Waals surface area contributed by atoms with Crippen LogP contribution in [-0.4, -0.2) is 13.0 Å². The zero-order valence-electron chi connectivity index (χ0n) is 5.24. The van der Waals surface area contributed by atoms with Gasteiger partial charge in [0.15, 0.2) is 0 Å². The first-order valence-corrected chi connectivity index (χ1v) is 3.84. The molecule has 0 aliphatic heterocycles. The summed E-state index contributed by atoms with van der Waals surface area (Å²) in [7, 11) is -4.69. The van der Waals surface area contributed by atoms with Gasteiger partial charge in [-0.15, -0.1) is 0 Å². The SMILES string of the molecule is CCC=C(F)OS(=O)(=O)O. The summed E-state index contributed by atoms with van der Waals surface area (Å²) in [6, 6.07) is -1.31. The Morgan fingerprint density at radius 1 is 1.80 bits per heavy atom. The van der Waals surface area contributed by atoms with Crippen molar-refractivity contribution in [3.8, 4) is 0 Å². The van der Waals surface area contributed by atoms with Crippen LogP contribution in [0.4, 0.5) is 4.39 Å². The molecule has 0 bridgehead atoms. The Kier molecular flexibility index (Phi) is 3.31. The predicted octanol–water partition coefficient (Wildman–Crippen LogP) is 1.03. The van der Waals surface area contributed by atoms with Crippen molar-refractivity contribution >= 4 is 10.4 Å². The van der Waals surface area contributed by atoms with Crippen LogP contribution in [0.5, 0.6) is 0 Å². The minimum absolute atomic E-state index is 0.293. The van der Waals surface area contributed by atoms with E-state index in [-0.39, 0.29) is 0 Å². The van der Waals surface area contributed by atoms with E-state index in [0.29, 0.717) is 6.42 Å². The quantitative estimate of drug-likeness (QED) is 0.507. The van der Waals surface area contributed by atoms with E-state index in [4.69, 9.17) is 4.55 Å². The van der Waals surface area contributed by atoms with Gasteiger partial charge < -0.3 is 4.18 Å². The summed E-state index contributed by atoms with van der Waals surface area (Å²) in [6.07, 6.45) is 1.18. The topological polar surface area (TPSA) is 63.6 Å². The first-order valence-electron chi connectivity index (χ1n) is 2.48. The van der Waals surface area contributed by atoms with Crippen molar-refractivity contribution in [1.82, 2.24) is 0 Å². The van der Waals surface area contributed by atoms with E-state index in [1.54, 1.807) is 6.92 Å². The summed E-state index contributed by atoms with van der Waals surface area (Å²) < 4.78 is 42.8. The van der Waals surface area contributed by atoms with Crippen molar-refractivity contribution in [2.24, 2.45) is 0 Å². The van der Waals surface area contributed by atoms with Crippen LogP contribution in [-0.2, 0) is 14.6 Å². The van der Waals surface area contributed by atoms with Crippen molar-refractivity contribution < 1.29 is 21.5 Å². The molecule has 0 atom stereocenters. The molecule has 0 aromatic heterocycles. The lowest BCUT2D eigenvalue weighted by Gasteiger charge is -1.94. The lowest BCUT2D eigenvalue weighted by Crippen LogP contribution is -2.00. The van der Waals surface area contributed by atoms with Crippen LogP contribution >= 0.6 is 0 Å². The first-order chi connectivity index (χ1) is 4.45. The van der Waals surface area contributed by atoms with Crippen LogP contribution in [0.2, 0.25) is 0 Å². The van der Waals surface area contributed by atoms with Crippen LogP contribution in [0, 0.1) is 0 Å². The van der Waals surface area contributed by atoms with Crippen LogP contribution in [0.15, 0.2) is 12.1 Å². The average Bonchev–Trinajstić information content (AvgIpc) is 1.59. The van der Waals surface area contributed by atoms with E-state index in [2.05, 4.69) is 4.18 Å². The lowest BCUT2D eigenvalue weighted by molar-refractivity contribution is 0.263. The second kappa shape index (κ2) is 3.52. The van der Waals surface area contributed by atoms with Gasteiger partial charge in [0.2, 0.25) is 0 Å². The molecule has 1 N–H and O–H groups in total. The monoisotopic (exact) mass is 170 g/mol. The van der Waals surface area contributed by atoms with Crippen molar-refractivity contribution in [2.75, 3.05) is 0 Å². The molecule has 0 aliphatic carbocycles. The maximum Gasteiger partial charge on any atom is 0.448 e. The van der Waals surface area contributed by atoms with Gasteiger partial charge >= 0.3 is 10.4 Å². The Morgan fingerprint density at radius 3 is 2.60 bits per heavy atom. The molecule has 0 radical (unpaired) electrons. The Balaban J connectivity index is 4.05. The van der Waals surface area contributed by atoms with E-state index in [0.717, 1.165) is 6.08 Å². The molecular formula is C4H7FO4S. The fourth-order valence-electron chi connectivity index (χ4n) is 0.295. The Hall–Kier alpha value is -0.620. The van der Waals surface area contributed by atoms with Crippen LogP contribution in [0.1, 0.15) is 13.3 Å². The van der Waals surface area contributed by atoms with Gasteiger partial charge in [-0.25, -0.2) is 0 Å². The maximum atomic E-state index is 12.0. The first kappa shape index (κ1) is 9.38. The highest BCUT2D eigenvalue weighted by atomic mass is 32.3. The normalized spacial score (nSPS) is 13.3. The minimum Gasteiger partial charge on any atom is -0.332 e. The minimum atomic E-state index is -4.69. The fraction of sp³-hybridized carbons (Fsp3) is 0.500. The van der Waals surface area contributed by atoms with Gasteiger partial charge in [0, 0.05) is 0 Å². The second-order valence-corrected chi connectivity index (χ2v) is 2.45. The number of hydrogen-bond donors (Lipinski definition) is 1. The summed E-state index contributed by atoms with van der Waals surface area (Å²) in [5.41, 5.74) is 0. The molecular weight excluding hydrogens is 163 g/mol. The largest absolute Gasteiger partial charge is 0.448 e. The highest BCUT2D eigenvalue weighted by molar-refractivity contribution is 7.81. The molecule has 0 aliphatic rings. The molecule has 0 aromatic carbocycles. The number of allylic oxidation sites excluding steroid dienone is 1. The van der Waals surface area contributed by atoms with E-state index < -0.39 is 16.4 Å². The Labute approximate surface area is 58.3 Å². The number of hydrogen-bond acceptors (Lipinski definition) is 3. The molecule has 0 heterocycles. The molecule has 0 saturated heterocycles. The zero-order valence-corrected chi connectivity index (χ0v) is 6.06. The average molecular weight is 170 g/mol. The van der Waals surface area contributed by atoms with Gasteiger partial charge in [0.05, 0.1) is 0 Å². The highest BCUT2D eigenvalue weighted by Crippen LogP contribution is 2.03. The number of rotatable bonds is 3. The Bertz CT molecular complexity index is 217. The van der Waals surface area contributed by atoms with E-state index in [1.165, 1.54) is 0 Å². The molecule has 60 valence electrons. The molecule has 4 nitrogen and oxygen atoms in total. The zero-order chi connectivity index (χ0) is 8.20. The molecule has 0 amide bonds. The van der Waals surface area contributed by atoms with Crippen molar-refractivity contribution in [3.63, 3.8) is 0 Å². The van der Waals surface area contributed by atoms with E-state index >= 15 is 0 Å². The van der Waals surface area contributed by atoms with Crippen molar-refractivity contribution in [1.29, 1.82) is 0 Å². The molecule has 0 spiro atoms. The van der Waals surface area contributed by atoms with Gasteiger partial charge in [-0.05, 0) is 12.5 Å². The van der Waals surface area contributed by atoms with Crippen LogP contribution in [0.25, 0.3) is 0 Å². The molecule has 10 heavy (non-hydrogen) atoms. The Morgan fingerprint density at radius 2 is 2.30 bits per heavy atom. The standard InChI is InChI=1S/C4H7FO4S/c1-2-3-4(5)9-10(6,7)8/h3H,2H2,1H3,(H,6,7,8). The summed E-state index contributed by atoms with van der Waals surface area (Å²) in [4.78, 5) is 0. The molecule has 0 saturated carbocycles. The van der Waals surface area contributed by atoms with Gasteiger partial charge in [-0.3, -0.25) is 4.55 Å². The summed E-state index contributed by atoms with van der Waals surface area (Å²) >= 11 is 0. The third-order valence-corrected chi connectivity index (χ3v) is 0.919. The van der Waals surface area contributed by atoms with E-state index in [1.807, 2.05) is 0 Å². The fourth-order valence-corrected chi connectivity index (χ4v) is 0.564. The summed E-state index contributed by atoms with van der Waals surface area (Å²) in [5.74, 6) is 0. The number of halogens is 1. The third-order valence-electron chi connectivity index (χ3n) is 0.550. The van der Waals surface area contributed by atoms with E-state index in [9.17, 15) is 12.8 Å². The van der Waals surface area contributed by atoms with Crippen molar-refractivity contribution in [2.45, 2.75) is 13.3 Å². The van der Waals surface area contributed by atoms with Crippen LogP contribution < -0.4 is 0 Å². The molecule has 6 heteroatoms. The molecule has 0 fully saturated rings. The molecule has 0 rings (SSSR count). The predicted molar refractivity (Wildman–Crippen MR) is 32.1 cm³/mol. The van der Waals surface area contributed by atoms with Crippen molar-refractivity contribution in [3.05, 3.63) is 12.1 Å². The molecule has 0 aromatic rings. The summed E-state index contributed by atoms with van der Waals surface area (Å²) in [6.45, 7) is 1.59. The van der Waals surface area contributed by atoms with Gasteiger partial charge in [0.25, 0.3) is 6.01 Å². The molecule has 0 unspecified atom stereocenters. The smallest absolute Gasteiger partial charge is 0.332 e. The van der Waals surface area contributed by atoms with Gasteiger partial charge in [-0.1, -0.05) is 6.92 Å². The van der Waals surface area contributed by atoms with Crippen LogP contribution in [0.3, 0.4) is 0 Å². The highest BCUT2D eigenvalue weighted by Gasteiger charge is 2.06. The lowest BCUT2D eigenvalue weighted by atomic mass is 10.5. The van der Waals surface area contributed by atoms with Gasteiger partial charge in [0.1, 0.15) is 0 Å². The maximum absolute atomic E-state index is 12.0.